The number of hydrogen-bond donors (Lipinski definition) is 1. The van der Waals surface area contributed by atoms with Crippen LogP contribution in [0.3, 0.4) is 0 Å². The lowest BCUT2D eigenvalue weighted by molar-refractivity contribution is 0.160. The molecule has 0 radical (unpaired) electrons. The maximum Gasteiger partial charge on any atom is 0.219 e. The number of aliphatic hydroxyl groups excluding tert-OH is 1. The smallest absolute Gasteiger partial charge is 0.219 e. The number of methoxy groups -OCH3 is 1. The van der Waals surface area contributed by atoms with E-state index in [0.717, 1.165) is 25.7 Å². The molecule has 2 aromatic rings. The maximum absolute atomic E-state index is 14.6. The summed E-state index contributed by atoms with van der Waals surface area (Å²) in [6.07, 6.45) is 3.12. The summed E-state index contributed by atoms with van der Waals surface area (Å²) in [6, 6.07) is 1.40. The summed E-state index contributed by atoms with van der Waals surface area (Å²) >= 11 is 3.19. The van der Waals surface area contributed by atoms with Crippen LogP contribution in [0.4, 0.5) is 8.78 Å². The van der Waals surface area contributed by atoms with Gasteiger partial charge in [-0.25, -0.2) is 9.07 Å². The van der Waals surface area contributed by atoms with Crippen LogP contribution in [0.1, 0.15) is 31.7 Å². The van der Waals surface area contributed by atoms with E-state index in [0.29, 0.717) is 4.47 Å². The Morgan fingerprint density at radius 2 is 2.05 bits per heavy atom. The van der Waals surface area contributed by atoms with Gasteiger partial charge in [-0.05, 0) is 53.6 Å². The van der Waals surface area contributed by atoms with Gasteiger partial charge in [0.15, 0.2) is 11.6 Å². The van der Waals surface area contributed by atoms with Crippen molar-refractivity contribution in [3.05, 3.63) is 22.3 Å². The first-order valence-corrected chi connectivity index (χ1v) is 8.06. The number of rotatable bonds is 3. The highest BCUT2D eigenvalue weighted by Crippen LogP contribution is 2.38. The number of aliphatic hydroxyl groups is 1. The first-order chi connectivity index (χ1) is 10.6. The molecule has 120 valence electrons. The van der Waals surface area contributed by atoms with Crippen molar-refractivity contribution in [2.45, 2.75) is 31.7 Å². The van der Waals surface area contributed by atoms with Gasteiger partial charge in [0.2, 0.25) is 5.95 Å². The molecule has 1 aliphatic carbocycles. The topological polar surface area (TPSA) is 47.3 Å². The van der Waals surface area contributed by atoms with Crippen LogP contribution in [-0.2, 0) is 0 Å². The molecule has 22 heavy (non-hydrogen) atoms. The fraction of sp³-hybridized carbons (Fsp3) is 0.533. The zero-order valence-corrected chi connectivity index (χ0v) is 13.7. The van der Waals surface area contributed by atoms with Crippen molar-refractivity contribution in [3.8, 4) is 5.75 Å². The summed E-state index contributed by atoms with van der Waals surface area (Å²) in [7, 11) is 1.36. The minimum Gasteiger partial charge on any atom is -0.492 e. The molecule has 0 spiro atoms. The van der Waals surface area contributed by atoms with Gasteiger partial charge in [-0.1, -0.05) is 0 Å². The average molecular weight is 375 g/mol. The quantitative estimate of drug-likeness (QED) is 0.888. The van der Waals surface area contributed by atoms with E-state index in [2.05, 4.69) is 21.0 Å². The molecule has 0 bridgehead atoms. The molecule has 0 amide bonds. The molecule has 1 aromatic carbocycles. The van der Waals surface area contributed by atoms with Crippen molar-refractivity contribution < 1.29 is 18.6 Å². The Labute approximate surface area is 135 Å². The van der Waals surface area contributed by atoms with Crippen molar-refractivity contribution in [1.29, 1.82) is 0 Å². The summed E-state index contributed by atoms with van der Waals surface area (Å²) in [6.45, 7) is 0.162. The number of nitrogens with zero attached hydrogens (tertiary/aromatic N) is 2. The number of benzene rings is 1. The zero-order valence-electron chi connectivity index (χ0n) is 12.2. The van der Waals surface area contributed by atoms with E-state index in [4.69, 9.17) is 4.74 Å². The Morgan fingerprint density at radius 1 is 1.36 bits per heavy atom. The largest absolute Gasteiger partial charge is 0.492 e. The van der Waals surface area contributed by atoms with Crippen LogP contribution in [0.5, 0.6) is 5.75 Å². The molecule has 4 nitrogen and oxygen atoms in total. The van der Waals surface area contributed by atoms with E-state index < -0.39 is 11.8 Å². The van der Waals surface area contributed by atoms with Crippen molar-refractivity contribution in [2.24, 2.45) is 5.92 Å². The van der Waals surface area contributed by atoms with Gasteiger partial charge in [-0.15, -0.1) is 0 Å². The molecule has 1 saturated carbocycles. The van der Waals surface area contributed by atoms with Crippen LogP contribution in [0.25, 0.3) is 10.9 Å². The van der Waals surface area contributed by atoms with E-state index in [1.165, 1.54) is 17.9 Å². The standard InChI is InChI=1S/C15H17BrF2N2O2/c1-22-14-11(16)6-10-13(12(14)17)19-20(15(10)18)9-4-2-8(7-21)3-5-9/h6,8-9,21H,2-5,7H2,1H3/t8-,9-. The van der Waals surface area contributed by atoms with Crippen molar-refractivity contribution in [1.82, 2.24) is 9.78 Å². The second-order valence-corrected chi connectivity index (χ2v) is 6.55. The minimum absolute atomic E-state index is 0.0122. The van der Waals surface area contributed by atoms with E-state index in [-0.39, 0.29) is 35.2 Å². The summed E-state index contributed by atoms with van der Waals surface area (Å²) in [5, 5.41) is 13.5. The fourth-order valence-electron chi connectivity index (χ4n) is 3.12. The molecule has 7 heteroatoms. The molecule has 1 aromatic heterocycles. The number of halogens is 3. The Morgan fingerprint density at radius 3 is 2.64 bits per heavy atom. The lowest BCUT2D eigenvalue weighted by Gasteiger charge is -2.27. The van der Waals surface area contributed by atoms with Gasteiger partial charge in [0, 0.05) is 6.61 Å². The van der Waals surface area contributed by atoms with Crippen molar-refractivity contribution in [2.75, 3.05) is 13.7 Å². The van der Waals surface area contributed by atoms with Crippen LogP contribution in [-0.4, -0.2) is 28.6 Å². The molecule has 1 aliphatic rings. The predicted octanol–water partition coefficient (Wildman–Crippen LogP) is 3.81. The van der Waals surface area contributed by atoms with Gasteiger partial charge in [0.1, 0.15) is 5.52 Å². The van der Waals surface area contributed by atoms with Gasteiger partial charge in [0.05, 0.1) is 23.0 Å². The van der Waals surface area contributed by atoms with Gasteiger partial charge >= 0.3 is 0 Å². The first-order valence-electron chi connectivity index (χ1n) is 7.27. The van der Waals surface area contributed by atoms with E-state index in [9.17, 15) is 13.9 Å². The summed E-state index contributed by atoms with van der Waals surface area (Å²) in [5.74, 6) is -0.880. The molecule has 0 unspecified atom stereocenters. The highest BCUT2D eigenvalue weighted by Gasteiger charge is 2.27. The lowest BCUT2D eigenvalue weighted by Crippen LogP contribution is -2.21. The highest BCUT2D eigenvalue weighted by atomic mass is 79.9. The van der Waals surface area contributed by atoms with E-state index >= 15 is 0 Å². The third kappa shape index (κ3) is 2.50. The van der Waals surface area contributed by atoms with Crippen LogP contribution in [0.2, 0.25) is 0 Å². The number of aromatic nitrogens is 2. The second-order valence-electron chi connectivity index (χ2n) is 5.69. The van der Waals surface area contributed by atoms with Gasteiger partial charge < -0.3 is 9.84 Å². The second kappa shape index (κ2) is 6.12. The van der Waals surface area contributed by atoms with Crippen molar-refractivity contribution in [3.63, 3.8) is 0 Å². The Kier molecular flexibility index (Phi) is 4.36. The van der Waals surface area contributed by atoms with E-state index in [1.807, 2.05) is 0 Å². The average Bonchev–Trinajstić information content (AvgIpc) is 2.85. The lowest BCUT2D eigenvalue weighted by atomic mass is 9.87. The third-order valence-electron chi connectivity index (χ3n) is 4.41. The highest BCUT2D eigenvalue weighted by molar-refractivity contribution is 9.10. The minimum atomic E-state index is -0.659. The third-order valence-corrected chi connectivity index (χ3v) is 4.99. The predicted molar refractivity (Wildman–Crippen MR) is 82.0 cm³/mol. The Bertz CT molecular complexity index is 697. The van der Waals surface area contributed by atoms with Crippen LogP contribution in [0.15, 0.2) is 10.5 Å². The number of ether oxygens (including phenoxy) is 1. The zero-order chi connectivity index (χ0) is 15.9. The monoisotopic (exact) mass is 374 g/mol. The molecule has 0 aliphatic heterocycles. The molecule has 0 saturated heterocycles. The van der Waals surface area contributed by atoms with Gasteiger partial charge in [-0.2, -0.15) is 9.49 Å². The molecule has 3 rings (SSSR count). The first kappa shape index (κ1) is 15.7. The normalized spacial score (nSPS) is 22.2. The van der Waals surface area contributed by atoms with Gasteiger partial charge in [0.25, 0.3) is 0 Å². The molecular formula is C15H17BrF2N2O2. The number of fused-ring (bicyclic) bond motifs is 1. The SMILES string of the molecule is COc1c(Br)cc2c(F)n([C@H]3CC[C@H](CO)CC3)nc2c1F. The van der Waals surface area contributed by atoms with Gasteiger partial charge in [-0.3, -0.25) is 0 Å². The summed E-state index contributed by atoms with van der Waals surface area (Å²) in [4.78, 5) is 0. The van der Waals surface area contributed by atoms with Crippen LogP contribution >= 0.6 is 15.9 Å². The molecule has 0 atom stereocenters. The maximum atomic E-state index is 14.6. The number of hydrogen-bond acceptors (Lipinski definition) is 3. The van der Waals surface area contributed by atoms with Crippen LogP contribution in [0, 0.1) is 17.7 Å². The van der Waals surface area contributed by atoms with E-state index in [1.54, 1.807) is 0 Å². The Balaban J connectivity index is 2.02. The summed E-state index contributed by atoms with van der Waals surface area (Å²) in [5.41, 5.74) is -0.0122. The van der Waals surface area contributed by atoms with Crippen molar-refractivity contribution >= 4 is 26.8 Å². The molecular weight excluding hydrogens is 358 g/mol. The fourth-order valence-corrected chi connectivity index (χ4v) is 3.69. The molecule has 1 heterocycles. The summed E-state index contributed by atoms with van der Waals surface area (Å²) < 4.78 is 35.6. The van der Waals surface area contributed by atoms with Crippen LogP contribution < -0.4 is 4.74 Å². The molecule has 1 N–H and O–H groups in total. The Hall–Kier alpha value is -1.21. The molecule has 1 fully saturated rings.